The fourth-order valence-corrected chi connectivity index (χ4v) is 2.26. The van der Waals surface area contributed by atoms with E-state index in [1.807, 2.05) is 31.2 Å². The van der Waals surface area contributed by atoms with Crippen molar-refractivity contribution >= 4 is 41.5 Å². The quantitative estimate of drug-likeness (QED) is 0.346. The van der Waals surface area contributed by atoms with E-state index in [0.717, 1.165) is 18.1 Å². The maximum absolute atomic E-state index is 6.00. The van der Waals surface area contributed by atoms with Gasteiger partial charge in [0.05, 0.1) is 6.54 Å². The molecular weight excluding hydrogens is 465 g/mol. The summed E-state index contributed by atoms with van der Waals surface area (Å²) in [4.78, 5) is 8.98. The number of rotatable bonds is 7. The van der Waals surface area contributed by atoms with Crippen LogP contribution in [-0.2, 0) is 6.42 Å². The smallest absolute Gasteiger partial charge is 0.228 e. The van der Waals surface area contributed by atoms with E-state index < -0.39 is 0 Å². The van der Waals surface area contributed by atoms with Crippen LogP contribution in [0.5, 0.6) is 0 Å². The van der Waals surface area contributed by atoms with Crippen molar-refractivity contribution in [3.8, 4) is 11.4 Å². The third-order valence-electron chi connectivity index (χ3n) is 3.86. The van der Waals surface area contributed by atoms with Crippen LogP contribution in [0.3, 0.4) is 0 Å². The lowest BCUT2D eigenvalue weighted by molar-refractivity contribution is 0.380. The van der Waals surface area contributed by atoms with Gasteiger partial charge in [-0.25, -0.2) is 0 Å². The molecule has 0 aliphatic rings. The fourth-order valence-electron chi connectivity index (χ4n) is 2.07. The molecule has 0 aliphatic heterocycles. The van der Waals surface area contributed by atoms with Crippen LogP contribution in [-0.4, -0.2) is 35.2 Å². The normalized spacial score (nSPS) is 12.6. The first-order valence-corrected chi connectivity index (χ1v) is 9.00. The molecule has 0 saturated carbocycles. The Bertz CT molecular complexity index is 704. The summed E-state index contributed by atoms with van der Waals surface area (Å²) in [5.74, 6) is 2.43. The van der Waals surface area contributed by atoms with Crippen molar-refractivity contribution in [1.29, 1.82) is 0 Å². The highest BCUT2D eigenvalue weighted by Crippen LogP contribution is 2.19. The Balaban J connectivity index is 0.00000338. The van der Waals surface area contributed by atoms with Crippen molar-refractivity contribution in [2.45, 2.75) is 40.2 Å². The maximum atomic E-state index is 6.00. The highest BCUT2D eigenvalue weighted by molar-refractivity contribution is 14.0. The van der Waals surface area contributed by atoms with Crippen LogP contribution in [0.15, 0.2) is 33.8 Å². The summed E-state index contributed by atoms with van der Waals surface area (Å²) >= 11 is 6.00. The van der Waals surface area contributed by atoms with E-state index in [1.54, 1.807) is 0 Å². The molecule has 144 valence electrons. The van der Waals surface area contributed by atoms with E-state index >= 15 is 0 Å². The molecule has 0 spiro atoms. The number of benzene rings is 1. The molecule has 2 N–H and O–H groups in total. The monoisotopic (exact) mass is 491 g/mol. The molecule has 6 nitrogen and oxygen atoms in total. The van der Waals surface area contributed by atoms with Crippen molar-refractivity contribution < 1.29 is 4.52 Å². The summed E-state index contributed by atoms with van der Waals surface area (Å²) in [5.41, 5.74) is 0.840. The van der Waals surface area contributed by atoms with Gasteiger partial charge in [0, 0.05) is 29.6 Å². The van der Waals surface area contributed by atoms with Crippen LogP contribution in [0.1, 0.15) is 33.6 Å². The Morgan fingerprint density at radius 2 is 2.08 bits per heavy atom. The minimum absolute atomic E-state index is 0. The number of nitrogens with zero attached hydrogens (tertiary/aromatic N) is 3. The predicted octanol–water partition coefficient (Wildman–Crippen LogP) is 4.15. The molecule has 0 fully saturated rings. The summed E-state index contributed by atoms with van der Waals surface area (Å²) in [6.45, 7) is 9.93. The van der Waals surface area contributed by atoms with Crippen LogP contribution >= 0.6 is 35.6 Å². The van der Waals surface area contributed by atoms with Gasteiger partial charge >= 0.3 is 0 Å². The molecule has 2 aromatic rings. The molecule has 1 aromatic heterocycles. The van der Waals surface area contributed by atoms with Gasteiger partial charge in [0.1, 0.15) is 0 Å². The van der Waals surface area contributed by atoms with Crippen LogP contribution < -0.4 is 10.6 Å². The lowest BCUT2D eigenvalue weighted by atomic mass is 10.1. The highest BCUT2D eigenvalue weighted by atomic mass is 127. The molecular formula is C18H27ClIN5O. The van der Waals surface area contributed by atoms with Gasteiger partial charge in [-0.1, -0.05) is 42.7 Å². The molecule has 0 aliphatic carbocycles. The molecule has 0 saturated heterocycles. The van der Waals surface area contributed by atoms with Crippen molar-refractivity contribution in [3.05, 3.63) is 35.2 Å². The maximum Gasteiger partial charge on any atom is 0.228 e. The van der Waals surface area contributed by atoms with Crippen molar-refractivity contribution in [2.24, 2.45) is 10.9 Å². The van der Waals surface area contributed by atoms with E-state index in [9.17, 15) is 0 Å². The van der Waals surface area contributed by atoms with E-state index in [4.69, 9.17) is 16.1 Å². The lowest BCUT2D eigenvalue weighted by Gasteiger charge is -2.20. The number of halogens is 2. The van der Waals surface area contributed by atoms with Crippen LogP contribution in [0.25, 0.3) is 11.4 Å². The molecule has 1 aromatic carbocycles. The van der Waals surface area contributed by atoms with Gasteiger partial charge in [-0.05, 0) is 31.9 Å². The van der Waals surface area contributed by atoms with Gasteiger partial charge in [-0.3, -0.25) is 4.99 Å². The third-order valence-corrected chi connectivity index (χ3v) is 4.09. The van der Waals surface area contributed by atoms with Crippen LogP contribution in [0.4, 0.5) is 0 Å². The van der Waals surface area contributed by atoms with Gasteiger partial charge in [0.25, 0.3) is 0 Å². The Labute approximate surface area is 177 Å². The second kappa shape index (κ2) is 11.4. The van der Waals surface area contributed by atoms with Gasteiger partial charge in [-0.2, -0.15) is 4.98 Å². The topological polar surface area (TPSA) is 75.3 Å². The number of aromatic nitrogens is 2. The molecule has 26 heavy (non-hydrogen) atoms. The molecule has 1 heterocycles. The Kier molecular flexibility index (Phi) is 9.93. The zero-order valence-corrected chi connectivity index (χ0v) is 18.7. The highest BCUT2D eigenvalue weighted by Gasteiger charge is 2.10. The van der Waals surface area contributed by atoms with E-state index in [1.165, 1.54) is 0 Å². The summed E-state index contributed by atoms with van der Waals surface area (Å²) in [6, 6.07) is 7.74. The number of hydrogen-bond acceptors (Lipinski definition) is 4. The molecule has 1 atom stereocenters. The SMILES string of the molecule is CCNC(=NCCc1nc(-c2cccc(Cl)c2)no1)NC(C)C(C)C.I. The Morgan fingerprint density at radius 1 is 1.31 bits per heavy atom. The van der Waals surface area contributed by atoms with Gasteiger partial charge < -0.3 is 15.2 Å². The standard InChI is InChI=1S/C18H26ClN5O.HI/c1-5-20-18(22-13(4)12(2)3)21-10-9-16-23-17(24-25-16)14-7-6-8-15(19)11-14;/h6-8,11-13H,5,9-10H2,1-4H3,(H2,20,21,22);1H. The first kappa shape index (κ1) is 22.7. The average molecular weight is 492 g/mol. The molecule has 1 unspecified atom stereocenters. The number of hydrogen-bond donors (Lipinski definition) is 2. The van der Waals surface area contributed by atoms with E-state index in [2.05, 4.69) is 46.5 Å². The summed E-state index contributed by atoms with van der Waals surface area (Å²) in [5, 5.41) is 11.3. The van der Waals surface area contributed by atoms with E-state index in [0.29, 0.717) is 41.7 Å². The van der Waals surface area contributed by atoms with Crippen molar-refractivity contribution in [1.82, 2.24) is 20.8 Å². The molecule has 0 amide bonds. The van der Waals surface area contributed by atoms with Crippen molar-refractivity contribution in [2.75, 3.05) is 13.1 Å². The zero-order valence-electron chi connectivity index (χ0n) is 15.6. The van der Waals surface area contributed by atoms with Gasteiger partial charge in [0.15, 0.2) is 5.96 Å². The van der Waals surface area contributed by atoms with Crippen molar-refractivity contribution in [3.63, 3.8) is 0 Å². The predicted molar refractivity (Wildman–Crippen MR) is 117 cm³/mol. The average Bonchev–Trinajstić information content (AvgIpc) is 3.04. The minimum atomic E-state index is 0. The van der Waals surface area contributed by atoms with E-state index in [-0.39, 0.29) is 24.0 Å². The Hall–Kier alpha value is -1.35. The summed E-state index contributed by atoms with van der Waals surface area (Å²) < 4.78 is 5.31. The number of nitrogens with one attached hydrogen (secondary N) is 2. The van der Waals surface area contributed by atoms with Gasteiger partial charge in [-0.15, -0.1) is 24.0 Å². The van der Waals surface area contributed by atoms with Gasteiger partial charge in [0.2, 0.25) is 11.7 Å². The minimum Gasteiger partial charge on any atom is -0.357 e. The first-order chi connectivity index (χ1) is 12.0. The second-order valence-electron chi connectivity index (χ2n) is 6.21. The zero-order chi connectivity index (χ0) is 18.2. The molecule has 0 radical (unpaired) electrons. The first-order valence-electron chi connectivity index (χ1n) is 8.63. The summed E-state index contributed by atoms with van der Waals surface area (Å²) in [7, 11) is 0. The Morgan fingerprint density at radius 3 is 2.73 bits per heavy atom. The fraction of sp³-hybridized carbons (Fsp3) is 0.500. The molecule has 2 rings (SSSR count). The van der Waals surface area contributed by atoms with Crippen LogP contribution in [0.2, 0.25) is 5.02 Å². The number of guanidine groups is 1. The second-order valence-corrected chi connectivity index (χ2v) is 6.65. The number of aliphatic imine (C=N–C) groups is 1. The molecule has 8 heteroatoms. The molecule has 0 bridgehead atoms. The third kappa shape index (κ3) is 7.11. The largest absolute Gasteiger partial charge is 0.357 e. The van der Waals surface area contributed by atoms with Crippen LogP contribution in [0, 0.1) is 5.92 Å². The summed E-state index contributed by atoms with van der Waals surface area (Å²) in [6.07, 6.45) is 0.584. The lowest BCUT2D eigenvalue weighted by Crippen LogP contribution is -2.44.